The molecule has 1 aromatic carbocycles. The van der Waals surface area contributed by atoms with Gasteiger partial charge in [0.15, 0.2) is 6.04 Å². The molecule has 0 spiro atoms. The first-order chi connectivity index (χ1) is 15.2. The van der Waals surface area contributed by atoms with Crippen molar-refractivity contribution in [3.8, 4) is 0 Å². The highest BCUT2D eigenvalue weighted by Crippen LogP contribution is 2.36. The molecule has 1 saturated heterocycles. The van der Waals surface area contributed by atoms with Crippen molar-refractivity contribution >= 4 is 28.8 Å². The van der Waals surface area contributed by atoms with Crippen LogP contribution < -0.4 is 5.32 Å². The SMILES string of the molecule is O=C(O)C1C(Cc2cccc3[nH]ncc23)C(=O)N1C(=O)NC(C1CCCCC1)C(F)(F)F. The fraction of sp³-hybridized carbons (Fsp3) is 0.524. The third kappa shape index (κ3) is 4.03. The van der Waals surface area contributed by atoms with Gasteiger partial charge in [-0.1, -0.05) is 31.4 Å². The minimum atomic E-state index is -4.69. The smallest absolute Gasteiger partial charge is 0.408 e. The summed E-state index contributed by atoms with van der Waals surface area (Å²) in [5.74, 6) is -4.09. The molecule has 32 heavy (non-hydrogen) atoms. The van der Waals surface area contributed by atoms with Crippen molar-refractivity contribution < 1.29 is 32.7 Å². The molecule has 3 atom stereocenters. The number of aromatic nitrogens is 2. The number of carboxylic acid groups (broad SMARTS) is 1. The van der Waals surface area contributed by atoms with Crippen LogP contribution in [0.1, 0.15) is 37.7 Å². The molecule has 3 unspecified atom stereocenters. The molecule has 1 saturated carbocycles. The molecule has 11 heteroatoms. The molecule has 3 amide bonds. The van der Waals surface area contributed by atoms with Crippen molar-refractivity contribution in [2.45, 2.75) is 56.8 Å². The van der Waals surface area contributed by atoms with Gasteiger partial charge in [-0.3, -0.25) is 9.89 Å². The number of aromatic amines is 1. The van der Waals surface area contributed by atoms with Crippen molar-refractivity contribution in [2.24, 2.45) is 11.8 Å². The van der Waals surface area contributed by atoms with Crippen LogP contribution in [0, 0.1) is 11.8 Å². The highest BCUT2D eigenvalue weighted by Gasteiger charge is 2.56. The number of carboxylic acids is 1. The van der Waals surface area contributed by atoms with Crippen molar-refractivity contribution in [3.05, 3.63) is 30.0 Å². The third-order valence-corrected chi connectivity index (χ3v) is 6.45. The number of likely N-dealkylation sites (tertiary alicyclic amines) is 1. The van der Waals surface area contributed by atoms with E-state index in [-0.39, 0.29) is 6.42 Å². The van der Waals surface area contributed by atoms with E-state index in [1.807, 2.05) is 5.32 Å². The number of halogens is 3. The lowest BCUT2D eigenvalue weighted by Crippen LogP contribution is -2.70. The number of imide groups is 1. The predicted molar refractivity (Wildman–Crippen MR) is 107 cm³/mol. The second-order valence-corrected chi connectivity index (χ2v) is 8.42. The van der Waals surface area contributed by atoms with Gasteiger partial charge in [-0.2, -0.15) is 18.3 Å². The number of urea groups is 1. The Bertz CT molecular complexity index is 1030. The number of carbonyl (C=O) groups excluding carboxylic acids is 2. The number of H-pyrrole nitrogens is 1. The molecule has 1 aliphatic carbocycles. The van der Waals surface area contributed by atoms with E-state index in [0.29, 0.717) is 47.0 Å². The monoisotopic (exact) mass is 452 g/mol. The van der Waals surface area contributed by atoms with Crippen LogP contribution in [-0.4, -0.2) is 56.4 Å². The maximum atomic E-state index is 13.6. The first-order valence-corrected chi connectivity index (χ1v) is 10.5. The van der Waals surface area contributed by atoms with Crippen molar-refractivity contribution in [1.29, 1.82) is 0 Å². The van der Waals surface area contributed by atoms with E-state index < -0.39 is 48.0 Å². The van der Waals surface area contributed by atoms with Crippen LogP contribution in [0.3, 0.4) is 0 Å². The van der Waals surface area contributed by atoms with Crippen molar-refractivity contribution in [1.82, 2.24) is 20.4 Å². The summed E-state index contributed by atoms with van der Waals surface area (Å²) in [7, 11) is 0. The fourth-order valence-electron chi connectivity index (χ4n) is 4.84. The Morgan fingerprint density at radius 3 is 2.62 bits per heavy atom. The molecular weight excluding hydrogens is 429 g/mol. The second kappa shape index (κ2) is 8.44. The molecule has 2 aromatic rings. The van der Waals surface area contributed by atoms with Gasteiger partial charge in [0.1, 0.15) is 6.04 Å². The quantitative estimate of drug-likeness (QED) is 0.603. The lowest BCUT2D eigenvalue weighted by Gasteiger charge is -2.44. The maximum Gasteiger partial charge on any atom is 0.408 e. The van der Waals surface area contributed by atoms with Crippen LogP contribution in [0.25, 0.3) is 10.9 Å². The van der Waals surface area contributed by atoms with Gasteiger partial charge in [-0.05, 0) is 36.8 Å². The zero-order valence-electron chi connectivity index (χ0n) is 17.1. The molecule has 3 N–H and O–H groups in total. The standard InChI is InChI=1S/C21H23F3N4O4/c22-21(23,24)17(11-5-2-1-3-6-11)26-20(32)28-16(19(30)31)13(18(28)29)9-12-7-4-8-15-14(12)10-25-27-15/h4,7-8,10-11,13,16-17H,1-3,5-6,9H2,(H,25,27)(H,26,32)(H,30,31). The molecule has 8 nitrogen and oxygen atoms in total. The van der Waals surface area contributed by atoms with Crippen LogP contribution in [-0.2, 0) is 16.0 Å². The Hall–Kier alpha value is -3.11. The van der Waals surface area contributed by atoms with Crippen LogP contribution in [0.4, 0.5) is 18.0 Å². The molecule has 0 radical (unpaired) electrons. The summed E-state index contributed by atoms with van der Waals surface area (Å²) in [4.78, 5) is 37.6. The Labute approximate surface area is 181 Å². The van der Waals surface area contributed by atoms with Gasteiger partial charge in [-0.25, -0.2) is 14.5 Å². The van der Waals surface area contributed by atoms with E-state index in [9.17, 15) is 32.7 Å². The number of aliphatic carboxylic acids is 1. The van der Waals surface area contributed by atoms with Gasteiger partial charge in [0.25, 0.3) is 0 Å². The molecular formula is C21H23F3N4O4. The van der Waals surface area contributed by atoms with Gasteiger partial charge in [0.2, 0.25) is 5.91 Å². The Morgan fingerprint density at radius 2 is 1.97 bits per heavy atom. The van der Waals surface area contributed by atoms with Crippen LogP contribution >= 0.6 is 0 Å². The Kier molecular flexibility index (Phi) is 5.83. The second-order valence-electron chi connectivity index (χ2n) is 8.42. The van der Waals surface area contributed by atoms with E-state index in [4.69, 9.17) is 0 Å². The number of benzene rings is 1. The Balaban J connectivity index is 1.51. The number of hydrogen-bond acceptors (Lipinski definition) is 4. The number of nitrogens with one attached hydrogen (secondary N) is 2. The van der Waals surface area contributed by atoms with Gasteiger partial charge >= 0.3 is 18.2 Å². The minimum absolute atomic E-state index is 0.0295. The summed E-state index contributed by atoms with van der Waals surface area (Å²) in [5.41, 5.74) is 1.37. The minimum Gasteiger partial charge on any atom is -0.480 e. The zero-order chi connectivity index (χ0) is 23.0. The average molecular weight is 452 g/mol. The number of nitrogens with zero attached hydrogens (tertiary/aromatic N) is 2. The van der Waals surface area contributed by atoms with Crippen LogP contribution in [0.15, 0.2) is 24.4 Å². The van der Waals surface area contributed by atoms with Crippen molar-refractivity contribution in [3.63, 3.8) is 0 Å². The summed E-state index contributed by atoms with van der Waals surface area (Å²) in [6.45, 7) is 0. The van der Waals surface area contributed by atoms with Gasteiger partial charge in [0.05, 0.1) is 17.6 Å². The van der Waals surface area contributed by atoms with E-state index in [0.717, 1.165) is 6.42 Å². The van der Waals surface area contributed by atoms with Gasteiger partial charge in [-0.15, -0.1) is 0 Å². The molecule has 2 heterocycles. The number of alkyl halides is 3. The van der Waals surface area contributed by atoms with Crippen LogP contribution in [0.5, 0.6) is 0 Å². The van der Waals surface area contributed by atoms with E-state index >= 15 is 0 Å². The first-order valence-electron chi connectivity index (χ1n) is 10.5. The summed E-state index contributed by atoms with van der Waals surface area (Å²) >= 11 is 0. The molecule has 172 valence electrons. The largest absolute Gasteiger partial charge is 0.480 e. The summed E-state index contributed by atoms with van der Waals surface area (Å²) in [5, 5.41) is 18.9. The number of fused-ring (bicyclic) bond motifs is 1. The number of carbonyl (C=O) groups is 3. The number of amides is 3. The first kappa shape index (κ1) is 22.1. The van der Waals surface area contributed by atoms with Crippen molar-refractivity contribution in [2.75, 3.05) is 0 Å². The topological polar surface area (TPSA) is 115 Å². The fourth-order valence-corrected chi connectivity index (χ4v) is 4.84. The average Bonchev–Trinajstić information content (AvgIpc) is 3.22. The van der Waals surface area contributed by atoms with E-state index in [2.05, 4.69) is 10.2 Å². The summed E-state index contributed by atoms with van der Waals surface area (Å²) in [6, 6.07) is 0.243. The highest BCUT2D eigenvalue weighted by molar-refractivity contribution is 6.07. The molecule has 1 aromatic heterocycles. The number of β-lactam (4-membered cyclic amide) rings is 1. The van der Waals surface area contributed by atoms with Gasteiger partial charge < -0.3 is 10.4 Å². The third-order valence-electron chi connectivity index (χ3n) is 6.45. The molecule has 1 aliphatic heterocycles. The summed E-state index contributed by atoms with van der Waals surface area (Å²) in [6.07, 6.45) is -0.374. The number of rotatable bonds is 5. The highest BCUT2D eigenvalue weighted by atomic mass is 19.4. The zero-order valence-corrected chi connectivity index (χ0v) is 17.1. The number of hydrogen-bond donors (Lipinski definition) is 3. The lowest BCUT2D eigenvalue weighted by atomic mass is 9.81. The summed E-state index contributed by atoms with van der Waals surface area (Å²) < 4.78 is 40.9. The molecule has 4 rings (SSSR count). The van der Waals surface area contributed by atoms with Crippen LogP contribution in [0.2, 0.25) is 0 Å². The maximum absolute atomic E-state index is 13.6. The molecule has 2 aliphatic rings. The van der Waals surface area contributed by atoms with E-state index in [1.165, 1.54) is 0 Å². The van der Waals surface area contributed by atoms with Gasteiger partial charge in [0, 0.05) is 5.39 Å². The van der Waals surface area contributed by atoms with E-state index in [1.54, 1.807) is 24.4 Å². The predicted octanol–water partition coefficient (Wildman–Crippen LogP) is 3.24. The Morgan fingerprint density at radius 1 is 1.25 bits per heavy atom. The lowest BCUT2D eigenvalue weighted by molar-refractivity contribution is -0.172. The molecule has 2 fully saturated rings. The normalized spacial score (nSPS) is 23.1. The molecule has 0 bridgehead atoms.